The molecule has 0 radical (unpaired) electrons. The number of hydrogen-bond acceptors (Lipinski definition) is 6. The zero-order chi connectivity index (χ0) is 19.3. The van der Waals surface area contributed by atoms with Crippen molar-refractivity contribution < 1.29 is 13.9 Å². The molecule has 0 bridgehead atoms. The maximum absolute atomic E-state index is 14.6. The second kappa shape index (κ2) is 6.54. The first-order valence-corrected chi connectivity index (χ1v) is 8.99. The lowest BCUT2D eigenvalue weighted by Crippen LogP contribution is -2.57. The van der Waals surface area contributed by atoms with Gasteiger partial charge >= 0.3 is 0 Å². The van der Waals surface area contributed by atoms with Crippen LogP contribution in [0.15, 0.2) is 47.5 Å². The van der Waals surface area contributed by atoms with E-state index < -0.39 is 17.8 Å². The van der Waals surface area contributed by atoms with Crippen molar-refractivity contribution in [1.82, 2.24) is 19.8 Å². The number of nitrogens with one attached hydrogen (secondary N) is 1. The number of anilines is 1. The quantitative estimate of drug-likeness (QED) is 0.721. The number of β-amino-alcohol motifs (C(OH)–C–C–N with tert-alkyl or cyclic N) is 1. The molecule has 2 aliphatic rings. The zero-order valence-electron chi connectivity index (χ0n) is 14.9. The van der Waals surface area contributed by atoms with Crippen LogP contribution in [0, 0.1) is 11.6 Å². The van der Waals surface area contributed by atoms with Gasteiger partial charge in [-0.05, 0) is 24.3 Å². The first kappa shape index (κ1) is 17.1. The van der Waals surface area contributed by atoms with E-state index in [0.29, 0.717) is 37.4 Å². The number of aliphatic hydroxyl groups excluding tert-OH is 1. The number of aliphatic hydroxyl groups is 1. The van der Waals surface area contributed by atoms with Gasteiger partial charge in [0.15, 0.2) is 0 Å². The van der Waals surface area contributed by atoms with Crippen LogP contribution in [0.1, 0.15) is 11.7 Å². The molecule has 0 fully saturated rings. The number of para-hydroxylation sites is 2. The number of fused-ring (bicyclic) bond motifs is 5. The van der Waals surface area contributed by atoms with E-state index in [2.05, 4.69) is 10.3 Å². The van der Waals surface area contributed by atoms with Gasteiger partial charge in [0.2, 0.25) is 11.9 Å². The molecule has 5 rings (SSSR count). The van der Waals surface area contributed by atoms with Gasteiger partial charge in [0.25, 0.3) is 0 Å². The molecule has 1 aromatic heterocycles. The standard InChI is InChI=1S/C19H18F2N6O/c20-12-5-6-13(14(21)9-12)17-24-18-22-10-25(7-8-28)11-26(18)19-23-15-3-1-2-4-16(15)27(17)19/h1-6,9,17,28H,7-8,10-11H2,(H,22,24)/t17-/m0/s1. The van der Waals surface area contributed by atoms with E-state index in [9.17, 15) is 13.9 Å². The molecule has 2 aliphatic heterocycles. The minimum Gasteiger partial charge on any atom is -0.395 e. The highest BCUT2D eigenvalue weighted by molar-refractivity contribution is 5.98. The molecule has 2 aromatic carbocycles. The number of nitrogens with zero attached hydrogens (tertiary/aromatic N) is 5. The first-order chi connectivity index (χ1) is 13.7. The molecule has 2 N–H and O–H groups in total. The third-order valence-corrected chi connectivity index (χ3v) is 5.03. The Kier molecular flexibility index (Phi) is 3.99. The third kappa shape index (κ3) is 2.62. The van der Waals surface area contributed by atoms with Crippen molar-refractivity contribution in [2.45, 2.75) is 6.17 Å². The van der Waals surface area contributed by atoms with Gasteiger partial charge in [0.05, 0.1) is 31.0 Å². The molecule has 3 heterocycles. The molecule has 9 heteroatoms. The largest absolute Gasteiger partial charge is 0.395 e. The lowest BCUT2D eigenvalue weighted by Gasteiger charge is -2.41. The molecule has 0 saturated heterocycles. The van der Waals surface area contributed by atoms with Crippen LogP contribution in [-0.2, 0) is 0 Å². The van der Waals surface area contributed by atoms with Crippen LogP contribution in [0.25, 0.3) is 11.0 Å². The molecule has 7 nitrogen and oxygen atoms in total. The Labute approximate surface area is 159 Å². The summed E-state index contributed by atoms with van der Waals surface area (Å²) in [5.74, 6) is -0.0576. The summed E-state index contributed by atoms with van der Waals surface area (Å²) >= 11 is 0. The molecule has 0 unspecified atom stereocenters. The fraction of sp³-hybridized carbons (Fsp3) is 0.263. The average Bonchev–Trinajstić information content (AvgIpc) is 3.08. The van der Waals surface area contributed by atoms with Gasteiger partial charge in [0, 0.05) is 18.2 Å². The highest BCUT2D eigenvalue weighted by Gasteiger charge is 2.36. The average molecular weight is 384 g/mol. The maximum atomic E-state index is 14.6. The minimum absolute atomic E-state index is 0.0337. The van der Waals surface area contributed by atoms with Gasteiger partial charge in [-0.15, -0.1) is 0 Å². The summed E-state index contributed by atoms with van der Waals surface area (Å²) in [6, 6.07) is 11.2. The van der Waals surface area contributed by atoms with Crippen LogP contribution in [0.3, 0.4) is 0 Å². The molecule has 3 aromatic rings. The van der Waals surface area contributed by atoms with Crippen LogP contribution >= 0.6 is 0 Å². The van der Waals surface area contributed by atoms with Crippen molar-refractivity contribution >= 4 is 22.9 Å². The van der Waals surface area contributed by atoms with Gasteiger partial charge in [-0.3, -0.25) is 14.4 Å². The van der Waals surface area contributed by atoms with E-state index in [1.165, 1.54) is 12.1 Å². The number of aliphatic imine (C=N–C) groups is 1. The summed E-state index contributed by atoms with van der Waals surface area (Å²) in [4.78, 5) is 13.2. The van der Waals surface area contributed by atoms with E-state index in [0.717, 1.165) is 17.1 Å². The van der Waals surface area contributed by atoms with Crippen LogP contribution in [0.4, 0.5) is 14.7 Å². The highest BCUT2D eigenvalue weighted by atomic mass is 19.1. The Hall–Kier alpha value is -3.04. The fourth-order valence-electron chi connectivity index (χ4n) is 3.73. The van der Waals surface area contributed by atoms with Gasteiger partial charge in [-0.25, -0.2) is 18.8 Å². The molecular formula is C19H18F2N6O. The third-order valence-electron chi connectivity index (χ3n) is 5.03. The van der Waals surface area contributed by atoms with Crippen molar-refractivity contribution in [3.05, 3.63) is 59.7 Å². The van der Waals surface area contributed by atoms with Crippen molar-refractivity contribution in [1.29, 1.82) is 0 Å². The molecule has 144 valence electrons. The van der Waals surface area contributed by atoms with Crippen molar-refractivity contribution in [3.8, 4) is 0 Å². The molecule has 0 aliphatic carbocycles. The normalized spacial score (nSPS) is 19.2. The van der Waals surface area contributed by atoms with Gasteiger partial charge < -0.3 is 10.4 Å². The summed E-state index contributed by atoms with van der Waals surface area (Å²) in [6.07, 6.45) is -0.609. The van der Waals surface area contributed by atoms with Gasteiger partial charge in [-0.1, -0.05) is 12.1 Å². The summed E-state index contributed by atoms with van der Waals surface area (Å²) in [5.41, 5.74) is 1.91. The number of aromatic nitrogens is 2. The van der Waals surface area contributed by atoms with Crippen LogP contribution in [0.2, 0.25) is 0 Å². The van der Waals surface area contributed by atoms with Crippen LogP contribution in [0.5, 0.6) is 0 Å². The molecule has 1 atom stereocenters. The summed E-state index contributed by atoms with van der Waals surface area (Å²) < 4.78 is 30.0. The summed E-state index contributed by atoms with van der Waals surface area (Å²) in [6.45, 7) is 1.43. The van der Waals surface area contributed by atoms with E-state index >= 15 is 0 Å². The smallest absolute Gasteiger partial charge is 0.216 e. The second-order valence-corrected chi connectivity index (χ2v) is 6.79. The Morgan fingerprint density at radius 3 is 2.86 bits per heavy atom. The number of guanidine groups is 1. The number of imidazole rings is 1. The summed E-state index contributed by atoms with van der Waals surface area (Å²) in [5, 5.41) is 12.5. The fourth-order valence-corrected chi connectivity index (χ4v) is 3.73. The van der Waals surface area contributed by atoms with Crippen molar-refractivity contribution in [3.63, 3.8) is 0 Å². The molecule has 0 spiro atoms. The SMILES string of the molecule is OCCN1CN=C2N[C@H](c3ccc(F)cc3F)n3c(nc4ccccc43)N2C1. The molecule has 0 amide bonds. The van der Waals surface area contributed by atoms with Gasteiger partial charge in [0.1, 0.15) is 17.8 Å². The monoisotopic (exact) mass is 384 g/mol. The van der Waals surface area contributed by atoms with Gasteiger partial charge in [-0.2, -0.15) is 0 Å². The number of hydrogen-bond donors (Lipinski definition) is 2. The Morgan fingerprint density at radius 2 is 2.04 bits per heavy atom. The molecule has 0 saturated carbocycles. The van der Waals surface area contributed by atoms with E-state index in [4.69, 9.17) is 4.98 Å². The Balaban J connectivity index is 1.69. The number of rotatable bonds is 3. The highest BCUT2D eigenvalue weighted by Crippen LogP contribution is 2.34. The summed E-state index contributed by atoms with van der Waals surface area (Å²) in [7, 11) is 0. The Bertz CT molecular complexity index is 1080. The van der Waals surface area contributed by atoms with E-state index in [1.54, 1.807) is 0 Å². The second-order valence-electron chi connectivity index (χ2n) is 6.79. The van der Waals surface area contributed by atoms with Crippen LogP contribution < -0.4 is 10.2 Å². The lowest BCUT2D eigenvalue weighted by atomic mass is 10.1. The number of halogens is 2. The van der Waals surface area contributed by atoms with E-state index in [1.807, 2.05) is 38.6 Å². The predicted molar refractivity (Wildman–Crippen MR) is 101 cm³/mol. The molecular weight excluding hydrogens is 366 g/mol. The first-order valence-electron chi connectivity index (χ1n) is 8.99. The predicted octanol–water partition coefficient (Wildman–Crippen LogP) is 1.85. The minimum atomic E-state index is -0.631. The zero-order valence-corrected chi connectivity index (χ0v) is 14.9. The van der Waals surface area contributed by atoms with E-state index in [-0.39, 0.29) is 6.61 Å². The topological polar surface area (TPSA) is 68.9 Å². The van der Waals surface area contributed by atoms with Crippen molar-refractivity contribution in [2.75, 3.05) is 31.4 Å². The molecule has 28 heavy (non-hydrogen) atoms. The lowest BCUT2D eigenvalue weighted by molar-refractivity contribution is 0.195. The Morgan fingerprint density at radius 1 is 1.18 bits per heavy atom. The van der Waals surface area contributed by atoms with Crippen LogP contribution in [-0.4, -0.2) is 52.0 Å². The van der Waals surface area contributed by atoms with Crippen molar-refractivity contribution in [2.24, 2.45) is 4.99 Å². The maximum Gasteiger partial charge on any atom is 0.216 e. The number of benzene rings is 2.